The summed E-state index contributed by atoms with van der Waals surface area (Å²) in [4.78, 5) is 25.7. The standard InChI is InChI=1S/C24H28O4/c1-3-5-11-19-16-13-12-14-17(8-4-2)24(21(14)20(16)23(26)27-19)18-10-7-6-9-15(18)22(25)28-24/h6,9,11,14,17,21H,3-5,7-8,10,12-13H2,1-2H3/b19-11+/t14-,17+,21+,24-/m0/s1. The van der Waals surface area contributed by atoms with Crippen LogP contribution >= 0.6 is 0 Å². The van der Waals surface area contributed by atoms with E-state index in [1.165, 1.54) is 0 Å². The first kappa shape index (κ1) is 18.0. The molecule has 1 fully saturated rings. The summed E-state index contributed by atoms with van der Waals surface area (Å²) in [5, 5.41) is 0. The van der Waals surface area contributed by atoms with Crippen molar-refractivity contribution in [1.82, 2.24) is 0 Å². The summed E-state index contributed by atoms with van der Waals surface area (Å²) in [6.07, 6.45) is 13.8. The third-order valence-electron chi connectivity index (χ3n) is 7.38. The van der Waals surface area contributed by atoms with Crippen LogP contribution in [-0.4, -0.2) is 17.5 Å². The summed E-state index contributed by atoms with van der Waals surface area (Å²) in [6, 6.07) is 0. The van der Waals surface area contributed by atoms with Gasteiger partial charge in [0.05, 0.1) is 11.1 Å². The zero-order valence-electron chi connectivity index (χ0n) is 16.8. The van der Waals surface area contributed by atoms with Crippen molar-refractivity contribution in [1.29, 1.82) is 0 Å². The Hall–Kier alpha value is -2.10. The Morgan fingerprint density at radius 2 is 2.04 bits per heavy atom. The van der Waals surface area contributed by atoms with E-state index in [-0.39, 0.29) is 17.9 Å². The first-order valence-electron chi connectivity index (χ1n) is 10.9. The van der Waals surface area contributed by atoms with Crippen LogP contribution in [0.15, 0.2) is 46.3 Å². The highest BCUT2D eigenvalue weighted by Gasteiger charge is 2.71. The Morgan fingerprint density at radius 3 is 2.82 bits per heavy atom. The van der Waals surface area contributed by atoms with Crippen LogP contribution in [0.1, 0.15) is 65.2 Å². The number of unbranched alkanes of at least 4 members (excludes halogenated alkanes) is 1. The Labute approximate surface area is 166 Å². The molecule has 5 aliphatic rings. The highest BCUT2D eigenvalue weighted by atomic mass is 16.6. The summed E-state index contributed by atoms with van der Waals surface area (Å²) in [7, 11) is 0. The van der Waals surface area contributed by atoms with Crippen molar-refractivity contribution in [3.8, 4) is 0 Å². The second-order valence-electron chi connectivity index (χ2n) is 8.73. The molecule has 28 heavy (non-hydrogen) atoms. The molecule has 2 heterocycles. The second kappa shape index (κ2) is 6.47. The molecule has 0 aromatic carbocycles. The second-order valence-corrected chi connectivity index (χ2v) is 8.73. The topological polar surface area (TPSA) is 52.6 Å². The SMILES string of the molecule is CCC/C=C1/OC(=O)C2=C1CC[C@H]1[C@@H](CCC)[C@@]3(OC(=O)C4=C3CCC=C4)[C@@H]21. The van der Waals surface area contributed by atoms with Gasteiger partial charge < -0.3 is 9.47 Å². The lowest BCUT2D eigenvalue weighted by Gasteiger charge is -2.61. The van der Waals surface area contributed by atoms with Gasteiger partial charge in [-0.2, -0.15) is 0 Å². The zero-order valence-corrected chi connectivity index (χ0v) is 16.8. The smallest absolute Gasteiger partial charge is 0.340 e. The van der Waals surface area contributed by atoms with Gasteiger partial charge in [-0.25, -0.2) is 9.59 Å². The van der Waals surface area contributed by atoms with E-state index < -0.39 is 5.60 Å². The minimum atomic E-state index is -0.613. The van der Waals surface area contributed by atoms with Gasteiger partial charge in [0.1, 0.15) is 11.4 Å². The van der Waals surface area contributed by atoms with Gasteiger partial charge in [-0.3, -0.25) is 0 Å². The number of ether oxygens (including phenoxy) is 2. The van der Waals surface area contributed by atoms with Gasteiger partial charge in [-0.05, 0) is 56.1 Å². The highest BCUT2D eigenvalue weighted by Crippen LogP contribution is 2.68. The molecule has 5 rings (SSSR count). The number of fused-ring (bicyclic) bond motifs is 4. The number of rotatable bonds is 4. The number of hydrogen-bond donors (Lipinski definition) is 0. The first-order valence-corrected chi connectivity index (χ1v) is 10.9. The molecule has 0 amide bonds. The Balaban J connectivity index is 1.63. The monoisotopic (exact) mass is 380 g/mol. The Kier molecular flexibility index (Phi) is 4.15. The fraction of sp³-hybridized carbons (Fsp3) is 0.583. The molecule has 4 heteroatoms. The third-order valence-corrected chi connectivity index (χ3v) is 7.38. The lowest BCUT2D eigenvalue weighted by atomic mass is 9.44. The maximum Gasteiger partial charge on any atom is 0.340 e. The zero-order chi connectivity index (χ0) is 19.5. The van der Waals surface area contributed by atoms with E-state index in [2.05, 4.69) is 26.0 Å². The summed E-state index contributed by atoms with van der Waals surface area (Å²) in [6.45, 7) is 4.32. The quantitative estimate of drug-likeness (QED) is 0.650. The predicted molar refractivity (Wildman–Crippen MR) is 105 cm³/mol. The van der Waals surface area contributed by atoms with Crippen LogP contribution in [0.4, 0.5) is 0 Å². The minimum absolute atomic E-state index is 0.0317. The minimum Gasteiger partial charge on any atom is -0.450 e. The van der Waals surface area contributed by atoms with E-state index in [1.807, 2.05) is 6.08 Å². The van der Waals surface area contributed by atoms with Gasteiger partial charge in [0.2, 0.25) is 0 Å². The molecule has 0 saturated heterocycles. The Morgan fingerprint density at radius 1 is 1.18 bits per heavy atom. The number of cyclic esters (lactones) is 1. The molecule has 0 bridgehead atoms. The average Bonchev–Trinajstić information content (AvgIpc) is 3.19. The van der Waals surface area contributed by atoms with Crippen LogP contribution in [0, 0.1) is 17.8 Å². The predicted octanol–water partition coefficient (Wildman–Crippen LogP) is 4.92. The fourth-order valence-electron chi connectivity index (χ4n) is 6.39. The lowest BCUT2D eigenvalue weighted by Crippen LogP contribution is -2.65. The van der Waals surface area contributed by atoms with Crippen LogP contribution in [0.25, 0.3) is 0 Å². The molecule has 0 unspecified atom stereocenters. The number of carbonyl (C=O) groups excluding carboxylic acids is 2. The maximum absolute atomic E-state index is 12.9. The molecule has 3 aliphatic carbocycles. The molecule has 0 aromatic rings. The van der Waals surface area contributed by atoms with Gasteiger partial charge in [0, 0.05) is 17.4 Å². The molecule has 1 saturated carbocycles. The molecular weight excluding hydrogens is 352 g/mol. The molecule has 4 nitrogen and oxygen atoms in total. The van der Waals surface area contributed by atoms with E-state index in [1.54, 1.807) is 0 Å². The number of allylic oxidation sites excluding steroid dienone is 3. The van der Waals surface area contributed by atoms with Crippen LogP contribution < -0.4 is 0 Å². The first-order chi connectivity index (χ1) is 13.6. The van der Waals surface area contributed by atoms with Crippen molar-refractivity contribution >= 4 is 11.9 Å². The van der Waals surface area contributed by atoms with E-state index in [0.717, 1.165) is 79.4 Å². The average molecular weight is 380 g/mol. The van der Waals surface area contributed by atoms with Crippen molar-refractivity contribution in [3.05, 3.63) is 46.3 Å². The van der Waals surface area contributed by atoms with Gasteiger partial charge in [0.25, 0.3) is 0 Å². The lowest BCUT2D eigenvalue weighted by molar-refractivity contribution is -0.197. The summed E-state index contributed by atoms with van der Waals surface area (Å²) in [5.41, 5.74) is 3.16. The van der Waals surface area contributed by atoms with E-state index >= 15 is 0 Å². The van der Waals surface area contributed by atoms with Crippen molar-refractivity contribution in [3.63, 3.8) is 0 Å². The third kappa shape index (κ3) is 2.18. The number of hydrogen-bond acceptors (Lipinski definition) is 4. The molecular formula is C24H28O4. The number of esters is 2. The molecule has 0 radical (unpaired) electrons. The van der Waals surface area contributed by atoms with Gasteiger partial charge in [0.15, 0.2) is 0 Å². The van der Waals surface area contributed by atoms with E-state index in [0.29, 0.717) is 11.8 Å². The molecule has 0 N–H and O–H groups in total. The van der Waals surface area contributed by atoms with Crippen molar-refractivity contribution in [2.45, 2.75) is 70.8 Å². The van der Waals surface area contributed by atoms with Crippen LogP contribution in [-0.2, 0) is 19.1 Å². The van der Waals surface area contributed by atoms with Crippen molar-refractivity contribution in [2.24, 2.45) is 17.8 Å². The van der Waals surface area contributed by atoms with Crippen LogP contribution in [0.5, 0.6) is 0 Å². The molecule has 2 aliphatic heterocycles. The normalized spacial score (nSPS) is 37.1. The van der Waals surface area contributed by atoms with Crippen LogP contribution in [0.3, 0.4) is 0 Å². The van der Waals surface area contributed by atoms with Gasteiger partial charge in [-0.1, -0.05) is 38.8 Å². The van der Waals surface area contributed by atoms with Crippen molar-refractivity contribution in [2.75, 3.05) is 0 Å². The van der Waals surface area contributed by atoms with Gasteiger partial charge in [-0.15, -0.1) is 0 Å². The fourth-order valence-corrected chi connectivity index (χ4v) is 6.39. The molecule has 1 spiro atoms. The Bertz CT molecular complexity index is 871. The number of carbonyl (C=O) groups is 2. The summed E-state index contributed by atoms with van der Waals surface area (Å²) < 4.78 is 11.9. The summed E-state index contributed by atoms with van der Waals surface area (Å²) >= 11 is 0. The van der Waals surface area contributed by atoms with Crippen LogP contribution in [0.2, 0.25) is 0 Å². The molecule has 4 atom stereocenters. The van der Waals surface area contributed by atoms with Gasteiger partial charge >= 0.3 is 11.9 Å². The molecule has 0 aromatic heterocycles. The molecule has 148 valence electrons. The van der Waals surface area contributed by atoms with Crippen molar-refractivity contribution < 1.29 is 19.1 Å². The maximum atomic E-state index is 12.9. The largest absolute Gasteiger partial charge is 0.450 e. The van der Waals surface area contributed by atoms with E-state index in [4.69, 9.17) is 9.47 Å². The summed E-state index contributed by atoms with van der Waals surface area (Å²) in [5.74, 6) is 1.04. The van der Waals surface area contributed by atoms with E-state index in [9.17, 15) is 9.59 Å². The highest BCUT2D eigenvalue weighted by molar-refractivity contribution is 5.99.